The quantitative estimate of drug-likeness (QED) is 0.874. The molecule has 1 aliphatic rings. The molecular weight excluding hydrogens is 288 g/mol. The number of likely N-dealkylation sites (N-methyl/N-ethyl adjacent to an activating group) is 1. The summed E-state index contributed by atoms with van der Waals surface area (Å²) in [5, 5.41) is 0. The molecule has 0 N–H and O–H groups in total. The Hall–Kier alpha value is -2.33. The van der Waals surface area contributed by atoms with Gasteiger partial charge in [0.05, 0.1) is 7.11 Å². The summed E-state index contributed by atoms with van der Waals surface area (Å²) >= 11 is 0. The van der Waals surface area contributed by atoms with Crippen molar-refractivity contribution < 1.29 is 9.53 Å². The summed E-state index contributed by atoms with van der Waals surface area (Å²) in [7, 11) is 3.74. The molecule has 23 heavy (non-hydrogen) atoms. The highest BCUT2D eigenvalue weighted by molar-refractivity contribution is 5.96. The molecule has 0 bridgehead atoms. The van der Waals surface area contributed by atoms with Crippen LogP contribution in [0.1, 0.15) is 10.4 Å². The van der Waals surface area contributed by atoms with Gasteiger partial charge in [0.25, 0.3) is 5.91 Å². The van der Waals surface area contributed by atoms with E-state index < -0.39 is 0 Å². The predicted octanol–water partition coefficient (Wildman–Crippen LogP) is 2.75. The first-order chi connectivity index (χ1) is 11.2. The minimum Gasteiger partial charge on any atom is -0.496 e. The van der Waals surface area contributed by atoms with Gasteiger partial charge in [0.15, 0.2) is 0 Å². The fourth-order valence-corrected chi connectivity index (χ4v) is 2.88. The van der Waals surface area contributed by atoms with Crippen molar-refractivity contribution in [3.8, 4) is 16.9 Å². The highest BCUT2D eigenvalue weighted by atomic mass is 16.5. The van der Waals surface area contributed by atoms with Crippen LogP contribution in [0.15, 0.2) is 48.5 Å². The SMILES string of the molecule is COc1ccc(C(=O)N2CCN(C)CC2)cc1-c1ccccc1. The number of hydrogen-bond acceptors (Lipinski definition) is 3. The molecular formula is C19H22N2O2. The van der Waals surface area contributed by atoms with Gasteiger partial charge in [0, 0.05) is 37.3 Å². The summed E-state index contributed by atoms with van der Waals surface area (Å²) in [5.41, 5.74) is 2.72. The lowest BCUT2D eigenvalue weighted by atomic mass is 10.0. The maximum Gasteiger partial charge on any atom is 0.253 e. The van der Waals surface area contributed by atoms with E-state index in [1.54, 1.807) is 7.11 Å². The van der Waals surface area contributed by atoms with Gasteiger partial charge in [0.1, 0.15) is 5.75 Å². The van der Waals surface area contributed by atoms with Gasteiger partial charge in [-0.15, -0.1) is 0 Å². The molecule has 0 saturated carbocycles. The molecule has 4 heteroatoms. The topological polar surface area (TPSA) is 32.8 Å². The Morgan fingerprint density at radius 2 is 1.70 bits per heavy atom. The Labute approximate surface area is 137 Å². The van der Waals surface area contributed by atoms with Gasteiger partial charge in [-0.2, -0.15) is 0 Å². The second-order valence-electron chi connectivity index (χ2n) is 5.88. The zero-order valence-corrected chi connectivity index (χ0v) is 13.7. The number of carbonyl (C=O) groups is 1. The molecule has 0 spiro atoms. The van der Waals surface area contributed by atoms with Crippen molar-refractivity contribution in [1.29, 1.82) is 0 Å². The number of hydrogen-bond donors (Lipinski definition) is 0. The first kappa shape index (κ1) is 15.6. The van der Waals surface area contributed by atoms with E-state index in [0.717, 1.165) is 43.1 Å². The minimum absolute atomic E-state index is 0.0953. The Balaban J connectivity index is 1.90. The standard InChI is InChI=1S/C19H22N2O2/c1-20-10-12-21(13-11-20)19(22)16-8-9-18(23-2)17(14-16)15-6-4-3-5-7-15/h3-9,14H,10-13H2,1-2H3. The first-order valence-electron chi connectivity index (χ1n) is 7.90. The third kappa shape index (κ3) is 3.37. The maximum atomic E-state index is 12.8. The van der Waals surface area contributed by atoms with Crippen molar-refractivity contribution in [3.05, 3.63) is 54.1 Å². The maximum absolute atomic E-state index is 12.8. The molecule has 0 aliphatic carbocycles. The monoisotopic (exact) mass is 310 g/mol. The van der Waals surface area contributed by atoms with Crippen LogP contribution in [-0.4, -0.2) is 56.0 Å². The van der Waals surface area contributed by atoms with E-state index in [2.05, 4.69) is 11.9 Å². The molecule has 2 aromatic rings. The smallest absolute Gasteiger partial charge is 0.253 e. The minimum atomic E-state index is 0.0953. The van der Waals surface area contributed by atoms with Crippen molar-refractivity contribution in [2.24, 2.45) is 0 Å². The number of carbonyl (C=O) groups excluding carboxylic acids is 1. The lowest BCUT2D eigenvalue weighted by Gasteiger charge is -2.32. The van der Waals surface area contributed by atoms with E-state index in [-0.39, 0.29) is 5.91 Å². The Morgan fingerprint density at radius 1 is 1.00 bits per heavy atom. The van der Waals surface area contributed by atoms with Crippen LogP contribution in [0.2, 0.25) is 0 Å². The molecule has 2 aromatic carbocycles. The van der Waals surface area contributed by atoms with Crippen LogP contribution < -0.4 is 4.74 Å². The number of amides is 1. The van der Waals surface area contributed by atoms with E-state index in [0.29, 0.717) is 5.56 Å². The van der Waals surface area contributed by atoms with Crippen molar-refractivity contribution in [1.82, 2.24) is 9.80 Å². The van der Waals surface area contributed by atoms with Crippen LogP contribution in [0.25, 0.3) is 11.1 Å². The fraction of sp³-hybridized carbons (Fsp3) is 0.316. The van der Waals surface area contributed by atoms with Gasteiger partial charge in [-0.05, 0) is 30.8 Å². The molecule has 4 nitrogen and oxygen atoms in total. The molecule has 1 heterocycles. The molecule has 0 radical (unpaired) electrons. The molecule has 1 aliphatic heterocycles. The third-order valence-electron chi connectivity index (χ3n) is 4.32. The molecule has 120 valence electrons. The van der Waals surface area contributed by atoms with Crippen molar-refractivity contribution >= 4 is 5.91 Å². The van der Waals surface area contributed by atoms with Gasteiger partial charge in [-0.1, -0.05) is 30.3 Å². The summed E-state index contributed by atoms with van der Waals surface area (Å²) in [4.78, 5) is 16.9. The summed E-state index contributed by atoms with van der Waals surface area (Å²) in [6.07, 6.45) is 0. The summed E-state index contributed by atoms with van der Waals surface area (Å²) in [5.74, 6) is 0.879. The van der Waals surface area contributed by atoms with Gasteiger partial charge in [-0.25, -0.2) is 0 Å². The van der Waals surface area contributed by atoms with Gasteiger partial charge >= 0.3 is 0 Å². The molecule has 1 amide bonds. The molecule has 0 aromatic heterocycles. The van der Waals surface area contributed by atoms with E-state index >= 15 is 0 Å². The highest BCUT2D eigenvalue weighted by Crippen LogP contribution is 2.31. The second-order valence-corrected chi connectivity index (χ2v) is 5.88. The zero-order valence-electron chi connectivity index (χ0n) is 13.7. The highest BCUT2D eigenvalue weighted by Gasteiger charge is 2.21. The second kappa shape index (κ2) is 6.84. The Bertz CT molecular complexity index is 677. The average Bonchev–Trinajstić information content (AvgIpc) is 2.62. The molecule has 0 atom stereocenters. The van der Waals surface area contributed by atoms with Crippen molar-refractivity contribution in [2.75, 3.05) is 40.3 Å². The van der Waals surface area contributed by atoms with Crippen LogP contribution in [0, 0.1) is 0 Å². The number of rotatable bonds is 3. The third-order valence-corrected chi connectivity index (χ3v) is 4.32. The van der Waals surface area contributed by atoms with Gasteiger partial charge in [-0.3, -0.25) is 4.79 Å². The normalized spacial score (nSPS) is 15.5. The number of ether oxygens (including phenoxy) is 1. The molecule has 1 saturated heterocycles. The number of piperazine rings is 1. The summed E-state index contributed by atoms with van der Waals surface area (Å²) < 4.78 is 5.46. The average molecular weight is 310 g/mol. The number of benzene rings is 2. The van der Waals surface area contributed by atoms with Crippen LogP contribution in [0.3, 0.4) is 0 Å². The number of methoxy groups -OCH3 is 1. The predicted molar refractivity (Wildman–Crippen MR) is 91.8 cm³/mol. The van der Waals surface area contributed by atoms with E-state index in [1.165, 1.54) is 0 Å². The first-order valence-corrected chi connectivity index (χ1v) is 7.90. The van der Waals surface area contributed by atoms with Crippen molar-refractivity contribution in [3.63, 3.8) is 0 Å². The summed E-state index contributed by atoms with van der Waals surface area (Å²) in [6, 6.07) is 15.7. The van der Waals surface area contributed by atoms with Crippen molar-refractivity contribution in [2.45, 2.75) is 0 Å². The van der Waals surface area contributed by atoms with Crippen LogP contribution >= 0.6 is 0 Å². The lowest BCUT2D eigenvalue weighted by molar-refractivity contribution is 0.0664. The number of nitrogens with zero attached hydrogens (tertiary/aromatic N) is 2. The zero-order chi connectivity index (χ0) is 16.2. The Kier molecular flexibility index (Phi) is 4.63. The van der Waals surface area contributed by atoms with E-state index in [1.807, 2.05) is 53.4 Å². The fourth-order valence-electron chi connectivity index (χ4n) is 2.88. The Morgan fingerprint density at radius 3 is 2.35 bits per heavy atom. The molecule has 3 rings (SSSR count). The van der Waals surface area contributed by atoms with Crippen LogP contribution in [-0.2, 0) is 0 Å². The van der Waals surface area contributed by atoms with E-state index in [4.69, 9.17) is 4.74 Å². The molecule has 1 fully saturated rings. The van der Waals surface area contributed by atoms with Crippen LogP contribution in [0.4, 0.5) is 0 Å². The van der Waals surface area contributed by atoms with E-state index in [9.17, 15) is 4.79 Å². The van der Waals surface area contributed by atoms with Gasteiger partial charge in [0.2, 0.25) is 0 Å². The largest absolute Gasteiger partial charge is 0.496 e. The van der Waals surface area contributed by atoms with Crippen LogP contribution in [0.5, 0.6) is 5.75 Å². The molecule has 0 unspecified atom stereocenters. The summed E-state index contributed by atoms with van der Waals surface area (Å²) in [6.45, 7) is 3.41. The lowest BCUT2D eigenvalue weighted by Crippen LogP contribution is -2.47. The van der Waals surface area contributed by atoms with Gasteiger partial charge < -0.3 is 14.5 Å².